The quantitative estimate of drug-likeness (QED) is 0.730. The highest BCUT2D eigenvalue weighted by molar-refractivity contribution is 8.13. The van der Waals surface area contributed by atoms with Gasteiger partial charge in [0.1, 0.15) is 11.5 Å². The van der Waals surface area contributed by atoms with Crippen molar-refractivity contribution in [2.75, 3.05) is 5.75 Å². The third kappa shape index (κ3) is 3.85. The highest BCUT2D eigenvalue weighted by Crippen LogP contribution is 2.30. The zero-order valence-electron chi connectivity index (χ0n) is 15.9. The summed E-state index contributed by atoms with van der Waals surface area (Å²) in [5.41, 5.74) is 0.513. The van der Waals surface area contributed by atoms with Crippen LogP contribution in [0, 0.1) is 0 Å². The molecular weight excluding hydrogens is 372 g/mol. The van der Waals surface area contributed by atoms with Crippen molar-refractivity contribution in [1.82, 2.24) is 10.3 Å². The van der Waals surface area contributed by atoms with E-state index in [1.807, 2.05) is 36.4 Å². The van der Waals surface area contributed by atoms with E-state index < -0.39 is 6.17 Å². The van der Waals surface area contributed by atoms with Crippen LogP contribution in [0.4, 0.5) is 0 Å². The molecule has 0 saturated heterocycles. The summed E-state index contributed by atoms with van der Waals surface area (Å²) in [6.45, 7) is 2.21. The van der Waals surface area contributed by atoms with Crippen LogP contribution in [0.2, 0.25) is 0 Å². The summed E-state index contributed by atoms with van der Waals surface area (Å²) in [5.74, 6) is 1.45. The summed E-state index contributed by atoms with van der Waals surface area (Å²) in [5, 5.41) is 11.5. The number of amidine groups is 1. The SMILES string of the molecule is CCCCCCCSC1=NN2C(=c3ccccc3=N[C@@H]2c2ccco2)C(=O)N1. The van der Waals surface area contributed by atoms with Gasteiger partial charge in [0.05, 0.1) is 11.6 Å². The second-order valence-electron chi connectivity index (χ2n) is 6.85. The molecule has 1 N–H and O–H groups in total. The molecule has 2 aliphatic heterocycles. The molecule has 7 heteroatoms. The largest absolute Gasteiger partial charge is 0.465 e. The van der Waals surface area contributed by atoms with Crippen molar-refractivity contribution in [1.29, 1.82) is 0 Å². The number of hydrazone groups is 1. The van der Waals surface area contributed by atoms with Crippen molar-refractivity contribution in [3.8, 4) is 0 Å². The maximum Gasteiger partial charge on any atom is 0.276 e. The molecule has 4 rings (SSSR count). The van der Waals surface area contributed by atoms with Gasteiger partial charge in [-0.2, -0.15) is 0 Å². The minimum Gasteiger partial charge on any atom is -0.465 e. The Hall–Kier alpha value is -2.54. The standard InChI is InChI=1S/C21H24N4O2S/c1-2-3-4-5-8-14-28-21-23-20(26)18-15-10-6-7-11-16(15)22-19(25(18)24-21)17-12-9-13-27-17/h6-7,9-13,19H,2-5,8,14H2,1H3,(H,23,24,26)/t19-/m0/s1. The van der Waals surface area contributed by atoms with Crippen LogP contribution < -0.4 is 15.9 Å². The highest BCUT2D eigenvalue weighted by atomic mass is 32.2. The summed E-state index contributed by atoms with van der Waals surface area (Å²) >= 11 is 1.59. The molecule has 0 radical (unpaired) electrons. The van der Waals surface area contributed by atoms with E-state index in [0.717, 1.165) is 22.7 Å². The van der Waals surface area contributed by atoms with E-state index in [1.54, 1.807) is 23.0 Å². The van der Waals surface area contributed by atoms with E-state index in [1.165, 1.54) is 25.7 Å². The molecule has 1 atom stereocenters. The van der Waals surface area contributed by atoms with E-state index in [-0.39, 0.29) is 5.91 Å². The summed E-state index contributed by atoms with van der Waals surface area (Å²) in [7, 11) is 0. The lowest BCUT2D eigenvalue weighted by atomic mass is 10.1. The average Bonchev–Trinajstić information content (AvgIpc) is 3.24. The first kappa shape index (κ1) is 18.8. The van der Waals surface area contributed by atoms with Gasteiger partial charge in [0.2, 0.25) is 6.17 Å². The van der Waals surface area contributed by atoms with E-state index in [0.29, 0.717) is 16.6 Å². The number of rotatable bonds is 7. The van der Waals surface area contributed by atoms with Gasteiger partial charge in [-0.3, -0.25) is 10.1 Å². The lowest BCUT2D eigenvalue weighted by Crippen LogP contribution is -2.50. The number of benzene rings is 1. The minimum atomic E-state index is -0.480. The molecular formula is C21H24N4O2S. The summed E-state index contributed by atoms with van der Waals surface area (Å²) in [6.07, 6.45) is 7.24. The fourth-order valence-electron chi connectivity index (χ4n) is 3.39. The summed E-state index contributed by atoms with van der Waals surface area (Å²) in [6, 6.07) is 11.3. The Kier molecular flexibility index (Phi) is 5.81. The smallest absolute Gasteiger partial charge is 0.276 e. The number of hydrogen-bond acceptors (Lipinski definition) is 6. The first-order valence-corrected chi connectivity index (χ1v) is 10.8. The molecule has 0 aliphatic carbocycles. The Morgan fingerprint density at radius 1 is 1.14 bits per heavy atom. The summed E-state index contributed by atoms with van der Waals surface area (Å²) < 4.78 is 5.59. The number of furan rings is 1. The molecule has 0 spiro atoms. The van der Waals surface area contributed by atoms with E-state index >= 15 is 0 Å². The van der Waals surface area contributed by atoms with Gasteiger partial charge in [-0.1, -0.05) is 62.6 Å². The van der Waals surface area contributed by atoms with Crippen LogP contribution in [0.15, 0.2) is 57.2 Å². The van der Waals surface area contributed by atoms with Crippen molar-refractivity contribution in [3.63, 3.8) is 0 Å². The highest BCUT2D eigenvalue weighted by Gasteiger charge is 2.35. The number of nitrogens with zero attached hydrogens (tertiary/aromatic N) is 3. The molecule has 0 bridgehead atoms. The molecule has 0 unspecified atom stereocenters. The number of carbonyl (C=O) groups excluding carboxylic acids is 1. The first-order valence-electron chi connectivity index (χ1n) is 9.80. The van der Waals surface area contributed by atoms with Gasteiger partial charge in [-0.15, -0.1) is 5.10 Å². The predicted octanol–water partition coefficient (Wildman–Crippen LogP) is 3.13. The normalized spacial score (nSPS) is 18.1. The van der Waals surface area contributed by atoms with Crippen LogP contribution in [0.5, 0.6) is 0 Å². The topological polar surface area (TPSA) is 70.2 Å². The van der Waals surface area contributed by atoms with Crippen molar-refractivity contribution in [2.45, 2.75) is 45.2 Å². The van der Waals surface area contributed by atoms with Gasteiger partial charge >= 0.3 is 0 Å². The lowest BCUT2D eigenvalue weighted by Gasteiger charge is -2.32. The van der Waals surface area contributed by atoms with Gasteiger partial charge in [-0.25, -0.2) is 10.0 Å². The van der Waals surface area contributed by atoms with Crippen LogP contribution >= 0.6 is 11.8 Å². The van der Waals surface area contributed by atoms with Crippen molar-refractivity contribution < 1.29 is 9.21 Å². The molecule has 28 heavy (non-hydrogen) atoms. The van der Waals surface area contributed by atoms with Crippen molar-refractivity contribution in [2.24, 2.45) is 10.1 Å². The maximum atomic E-state index is 12.9. The molecule has 3 heterocycles. The maximum absolute atomic E-state index is 12.9. The molecule has 146 valence electrons. The number of nitrogens with one attached hydrogen (secondary N) is 1. The minimum absolute atomic E-state index is 0.151. The Balaban J connectivity index is 1.61. The average molecular weight is 397 g/mol. The Morgan fingerprint density at radius 3 is 2.82 bits per heavy atom. The van der Waals surface area contributed by atoms with Crippen molar-refractivity contribution >= 4 is 28.5 Å². The number of carbonyl (C=O) groups is 1. The predicted molar refractivity (Wildman–Crippen MR) is 111 cm³/mol. The van der Waals surface area contributed by atoms with E-state index in [4.69, 9.17) is 14.5 Å². The van der Waals surface area contributed by atoms with Gasteiger partial charge in [0.15, 0.2) is 5.17 Å². The third-order valence-corrected chi connectivity index (χ3v) is 5.75. The van der Waals surface area contributed by atoms with E-state index in [9.17, 15) is 4.79 Å². The zero-order chi connectivity index (χ0) is 19.3. The zero-order valence-corrected chi connectivity index (χ0v) is 16.7. The van der Waals surface area contributed by atoms with Gasteiger partial charge < -0.3 is 4.42 Å². The second kappa shape index (κ2) is 8.65. The molecule has 2 aliphatic rings. The monoisotopic (exact) mass is 396 g/mol. The summed E-state index contributed by atoms with van der Waals surface area (Å²) in [4.78, 5) is 17.7. The number of hydrogen-bond donors (Lipinski definition) is 1. The molecule has 0 saturated carbocycles. The number of thioether (sulfide) groups is 1. The van der Waals surface area contributed by atoms with Crippen molar-refractivity contribution in [3.05, 3.63) is 59.0 Å². The fourth-order valence-corrected chi connectivity index (χ4v) is 4.24. The van der Waals surface area contributed by atoms with Crippen LogP contribution in [0.25, 0.3) is 5.70 Å². The molecule has 1 aromatic carbocycles. The lowest BCUT2D eigenvalue weighted by molar-refractivity contribution is -0.116. The molecule has 1 amide bonds. The number of amides is 1. The fraction of sp³-hybridized carbons (Fsp3) is 0.381. The number of fused-ring (bicyclic) bond motifs is 2. The second-order valence-corrected chi connectivity index (χ2v) is 7.93. The van der Waals surface area contributed by atoms with Crippen LogP contribution in [0.1, 0.15) is 51.0 Å². The third-order valence-electron chi connectivity index (χ3n) is 4.80. The molecule has 0 fully saturated rings. The Morgan fingerprint density at radius 2 is 2.00 bits per heavy atom. The first-order chi connectivity index (χ1) is 13.8. The van der Waals surface area contributed by atoms with Gasteiger partial charge in [0.25, 0.3) is 5.91 Å². The van der Waals surface area contributed by atoms with Gasteiger partial charge in [0, 0.05) is 11.0 Å². The molecule has 1 aromatic heterocycles. The Labute approximate surface area is 168 Å². The number of para-hydroxylation sites is 1. The van der Waals surface area contributed by atoms with Crippen LogP contribution in [-0.2, 0) is 4.79 Å². The van der Waals surface area contributed by atoms with Crippen LogP contribution in [-0.4, -0.2) is 21.8 Å². The number of unbranched alkanes of at least 4 members (excludes halogenated alkanes) is 4. The Bertz CT molecular complexity index is 984. The van der Waals surface area contributed by atoms with Crippen LogP contribution in [0.3, 0.4) is 0 Å². The van der Waals surface area contributed by atoms with Gasteiger partial charge in [-0.05, 0) is 24.6 Å². The molecule has 2 aromatic rings. The molecule has 6 nitrogen and oxygen atoms in total. The van der Waals surface area contributed by atoms with E-state index in [2.05, 4.69) is 12.2 Å².